The first kappa shape index (κ1) is 10.2. The maximum Gasteiger partial charge on any atom is 0.327 e. The van der Waals surface area contributed by atoms with Crippen molar-refractivity contribution < 1.29 is 9.90 Å². The predicted octanol–water partition coefficient (Wildman–Crippen LogP) is 0.925. The molecule has 1 unspecified atom stereocenters. The molecule has 0 bridgehead atoms. The fourth-order valence-electron chi connectivity index (χ4n) is 1.48. The van der Waals surface area contributed by atoms with Crippen LogP contribution in [0.5, 0.6) is 0 Å². The van der Waals surface area contributed by atoms with Crippen molar-refractivity contribution in [1.29, 1.82) is 0 Å². The van der Waals surface area contributed by atoms with E-state index in [1.54, 1.807) is 19.2 Å². The fraction of sp³-hybridized carbons (Fsp3) is 0.333. The van der Waals surface area contributed by atoms with Crippen LogP contribution in [0, 0.1) is 0 Å². The van der Waals surface area contributed by atoms with E-state index >= 15 is 0 Å². The third kappa shape index (κ3) is 1.75. The summed E-state index contributed by atoms with van der Waals surface area (Å²) in [4.78, 5) is 18.3. The molecule has 6 heteroatoms. The fourth-order valence-corrected chi connectivity index (χ4v) is 1.59. The number of carbonyl (C=O) groups excluding carboxylic acids is 1. The Morgan fingerprint density at radius 3 is 2.80 bits per heavy atom. The summed E-state index contributed by atoms with van der Waals surface area (Å²) in [7, 11) is 1.63. The van der Waals surface area contributed by atoms with E-state index in [2.05, 4.69) is 4.98 Å². The lowest BCUT2D eigenvalue weighted by molar-refractivity contribution is 0.183. The second-order valence-corrected chi connectivity index (χ2v) is 3.78. The number of aromatic nitrogens is 1. The first-order chi connectivity index (χ1) is 7.09. The molecule has 0 aliphatic carbocycles. The lowest BCUT2D eigenvalue weighted by Gasteiger charge is -2.17. The number of aliphatic hydroxyl groups is 1. The third-order valence-electron chi connectivity index (χ3n) is 2.23. The number of aliphatic hydroxyl groups excluding tert-OH is 1. The van der Waals surface area contributed by atoms with Gasteiger partial charge in [-0.1, -0.05) is 11.6 Å². The number of anilines is 1. The SMILES string of the molecule is CN1CC(O)N(c2ccc(Cl)cn2)C1=O. The summed E-state index contributed by atoms with van der Waals surface area (Å²) < 4.78 is 0. The van der Waals surface area contributed by atoms with Gasteiger partial charge < -0.3 is 10.0 Å². The molecule has 1 fully saturated rings. The molecule has 1 aromatic heterocycles. The average molecular weight is 228 g/mol. The molecule has 0 aromatic carbocycles. The summed E-state index contributed by atoms with van der Waals surface area (Å²) in [5.41, 5.74) is 0. The normalized spacial score (nSPS) is 21.3. The van der Waals surface area contributed by atoms with Crippen molar-refractivity contribution in [2.24, 2.45) is 0 Å². The summed E-state index contributed by atoms with van der Waals surface area (Å²) in [6.07, 6.45) is 0.589. The lowest BCUT2D eigenvalue weighted by atomic mass is 10.4. The van der Waals surface area contributed by atoms with Gasteiger partial charge in [-0.2, -0.15) is 0 Å². The summed E-state index contributed by atoms with van der Waals surface area (Å²) in [5, 5.41) is 10.1. The van der Waals surface area contributed by atoms with Gasteiger partial charge in [0.25, 0.3) is 0 Å². The Bertz CT molecular complexity index is 381. The van der Waals surface area contributed by atoms with Crippen molar-refractivity contribution in [3.63, 3.8) is 0 Å². The number of amides is 2. The van der Waals surface area contributed by atoms with Crippen molar-refractivity contribution in [2.75, 3.05) is 18.5 Å². The molecule has 1 aromatic rings. The standard InChI is InChI=1S/C9H10ClN3O2/c1-12-5-8(14)13(9(12)15)7-3-2-6(10)4-11-7/h2-4,8,14H,5H2,1H3. The van der Waals surface area contributed by atoms with Crippen LogP contribution in [0.3, 0.4) is 0 Å². The molecule has 1 N–H and O–H groups in total. The van der Waals surface area contributed by atoms with Crippen LogP contribution in [0.4, 0.5) is 10.6 Å². The van der Waals surface area contributed by atoms with E-state index in [1.807, 2.05) is 0 Å². The first-order valence-electron chi connectivity index (χ1n) is 4.43. The minimum Gasteiger partial charge on any atom is -0.371 e. The molecule has 1 atom stereocenters. The summed E-state index contributed by atoms with van der Waals surface area (Å²) in [5.74, 6) is 0.404. The highest BCUT2D eigenvalue weighted by Crippen LogP contribution is 2.21. The van der Waals surface area contributed by atoms with Crippen LogP contribution < -0.4 is 4.90 Å². The molecule has 0 saturated carbocycles. The second-order valence-electron chi connectivity index (χ2n) is 3.35. The van der Waals surface area contributed by atoms with Crippen LogP contribution in [0.15, 0.2) is 18.3 Å². The van der Waals surface area contributed by atoms with Gasteiger partial charge in [-0.15, -0.1) is 0 Å². The number of likely N-dealkylation sites (N-methyl/N-ethyl adjacent to an activating group) is 1. The Morgan fingerprint density at radius 1 is 1.60 bits per heavy atom. The van der Waals surface area contributed by atoms with E-state index in [1.165, 1.54) is 16.0 Å². The van der Waals surface area contributed by atoms with Crippen molar-refractivity contribution in [3.05, 3.63) is 23.4 Å². The summed E-state index contributed by atoms with van der Waals surface area (Å²) >= 11 is 5.68. The molecule has 1 saturated heterocycles. The van der Waals surface area contributed by atoms with Gasteiger partial charge in [0, 0.05) is 13.2 Å². The van der Waals surface area contributed by atoms with Crippen molar-refractivity contribution in [2.45, 2.75) is 6.23 Å². The maximum absolute atomic E-state index is 11.6. The number of hydrogen-bond donors (Lipinski definition) is 1. The average Bonchev–Trinajstić information content (AvgIpc) is 2.44. The minimum atomic E-state index is -0.851. The molecule has 1 aliphatic heterocycles. The van der Waals surface area contributed by atoms with E-state index in [-0.39, 0.29) is 12.6 Å². The highest BCUT2D eigenvalue weighted by molar-refractivity contribution is 6.30. The Kier molecular flexibility index (Phi) is 2.50. The number of halogens is 1. The van der Waals surface area contributed by atoms with Gasteiger partial charge in [-0.25, -0.2) is 14.7 Å². The Balaban J connectivity index is 2.31. The van der Waals surface area contributed by atoms with Crippen LogP contribution in [-0.4, -0.2) is 40.8 Å². The number of hydrogen-bond acceptors (Lipinski definition) is 3. The van der Waals surface area contributed by atoms with E-state index in [0.29, 0.717) is 10.8 Å². The number of carbonyl (C=O) groups is 1. The molecule has 2 heterocycles. The number of rotatable bonds is 1. The Hall–Kier alpha value is -1.33. The molecular weight excluding hydrogens is 218 g/mol. The second kappa shape index (κ2) is 3.67. The molecule has 5 nitrogen and oxygen atoms in total. The molecule has 0 radical (unpaired) electrons. The zero-order chi connectivity index (χ0) is 11.0. The minimum absolute atomic E-state index is 0.266. The van der Waals surface area contributed by atoms with Gasteiger partial charge in [0.2, 0.25) is 0 Å². The number of urea groups is 1. The van der Waals surface area contributed by atoms with E-state index in [9.17, 15) is 9.90 Å². The molecule has 2 amide bonds. The monoisotopic (exact) mass is 227 g/mol. The molecule has 1 aliphatic rings. The summed E-state index contributed by atoms with van der Waals surface area (Å²) in [6, 6.07) is 2.96. The largest absolute Gasteiger partial charge is 0.371 e. The van der Waals surface area contributed by atoms with Crippen LogP contribution in [0.1, 0.15) is 0 Å². The Morgan fingerprint density at radius 2 is 2.33 bits per heavy atom. The van der Waals surface area contributed by atoms with Gasteiger partial charge >= 0.3 is 6.03 Å². The first-order valence-corrected chi connectivity index (χ1v) is 4.81. The van der Waals surface area contributed by atoms with Crippen LogP contribution in [0.25, 0.3) is 0 Å². The topological polar surface area (TPSA) is 56.7 Å². The third-order valence-corrected chi connectivity index (χ3v) is 2.45. The zero-order valence-electron chi connectivity index (χ0n) is 8.09. The van der Waals surface area contributed by atoms with E-state index in [4.69, 9.17) is 11.6 Å². The maximum atomic E-state index is 11.6. The highest BCUT2D eigenvalue weighted by atomic mass is 35.5. The molecule has 80 valence electrons. The van der Waals surface area contributed by atoms with Crippen LogP contribution in [-0.2, 0) is 0 Å². The number of pyridine rings is 1. The number of β-amino-alcohol motifs (C(OH)–C–C–N with tert-alkyl or cyclic N) is 1. The zero-order valence-corrected chi connectivity index (χ0v) is 8.85. The quantitative estimate of drug-likeness (QED) is 0.777. The van der Waals surface area contributed by atoms with E-state index < -0.39 is 6.23 Å². The molecule has 15 heavy (non-hydrogen) atoms. The van der Waals surface area contributed by atoms with Gasteiger partial charge in [0.05, 0.1) is 11.6 Å². The Labute approximate surface area is 91.9 Å². The van der Waals surface area contributed by atoms with Crippen molar-refractivity contribution in [3.8, 4) is 0 Å². The summed E-state index contributed by atoms with van der Waals surface area (Å²) in [6.45, 7) is 0.281. The van der Waals surface area contributed by atoms with Gasteiger partial charge in [-0.3, -0.25) is 0 Å². The molecule has 2 rings (SSSR count). The predicted molar refractivity (Wildman–Crippen MR) is 55.8 cm³/mol. The van der Waals surface area contributed by atoms with Gasteiger partial charge in [0.15, 0.2) is 6.23 Å². The number of nitrogens with zero attached hydrogens (tertiary/aromatic N) is 3. The van der Waals surface area contributed by atoms with Gasteiger partial charge in [0.1, 0.15) is 5.82 Å². The van der Waals surface area contributed by atoms with E-state index in [0.717, 1.165) is 0 Å². The smallest absolute Gasteiger partial charge is 0.327 e. The highest BCUT2D eigenvalue weighted by Gasteiger charge is 2.35. The van der Waals surface area contributed by atoms with Gasteiger partial charge in [-0.05, 0) is 12.1 Å². The van der Waals surface area contributed by atoms with Crippen molar-refractivity contribution in [1.82, 2.24) is 9.88 Å². The lowest BCUT2D eigenvalue weighted by Crippen LogP contribution is -2.34. The van der Waals surface area contributed by atoms with Crippen LogP contribution in [0.2, 0.25) is 5.02 Å². The molecule has 0 spiro atoms. The van der Waals surface area contributed by atoms with Crippen molar-refractivity contribution >= 4 is 23.4 Å². The van der Waals surface area contributed by atoms with Crippen LogP contribution >= 0.6 is 11.6 Å². The molecular formula is C9H10ClN3O2.